The molecule has 4 heterocycles. The fourth-order valence-corrected chi connectivity index (χ4v) is 6.92. The summed E-state index contributed by atoms with van der Waals surface area (Å²) in [6, 6.07) is 9.26. The van der Waals surface area contributed by atoms with Gasteiger partial charge >= 0.3 is 0 Å². The number of nitriles is 1. The first kappa shape index (κ1) is 21.0. The molecule has 10 heteroatoms. The number of hydrogen-bond donors (Lipinski definition) is 0. The van der Waals surface area contributed by atoms with Crippen LogP contribution in [0.2, 0.25) is 5.02 Å². The fraction of sp³-hybridized carbons (Fsp3) is 0.409. The number of fused-ring (bicyclic) bond motifs is 1. The Morgan fingerprint density at radius 3 is 2.81 bits per heavy atom. The molecule has 0 unspecified atom stereocenters. The molecule has 8 nitrogen and oxygen atoms in total. The molecule has 1 aromatic carbocycles. The highest BCUT2D eigenvalue weighted by Crippen LogP contribution is 2.34. The molecule has 0 aliphatic carbocycles. The third-order valence-corrected chi connectivity index (χ3v) is 9.10. The summed E-state index contributed by atoms with van der Waals surface area (Å²) in [5.74, 6) is 0.378. The molecule has 0 radical (unpaired) electrons. The summed E-state index contributed by atoms with van der Waals surface area (Å²) >= 11 is 6.51. The quantitative estimate of drug-likeness (QED) is 0.672. The first-order valence-corrected chi connectivity index (χ1v) is 12.6. The van der Waals surface area contributed by atoms with E-state index in [1.54, 1.807) is 17.0 Å². The maximum atomic E-state index is 13.4. The van der Waals surface area contributed by atoms with Gasteiger partial charge in [-0.1, -0.05) is 17.7 Å². The van der Waals surface area contributed by atoms with Crippen LogP contribution >= 0.6 is 11.6 Å². The molecule has 0 spiro atoms. The largest absolute Gasteiger partial charge is 0.371 e. The van der Waals surface area contributed by atoms with E-state index in [2.05, 4.69) is 32.0 Å². The lowest BCUT2D eigenvalue weighted by Gasteiger charge is -2.39. The molecule has 166 valence electrons. The number of anilines is 2. The van der Waals surface area contributed by atoms with Crippen molar-refractivity contribution < 1.29 is 8.42 Å². The molecule has 5 rings (SSSR count). The van der Waals surface area contributed by atoms with E-state index in [1.807, 2.05) is 12.1 Å². The van der Waals surface area contributed by atoms with E-state index in [0.717, 1.165) is 31.7 Å². The number of aromatic nitrogens is 2. The third-order valence-electron chi connectivity index (χ3n) is 6.44. The van der Waals surface area contributed by atoms with Crippen LogP contribution in [0, 0.1) is 11.3 Å². The van der Waals surface area contributed by atoms with Gasteiger partial charge in [0.15, 0.2) is 9.84 Å². The van der Waals surface area contributed by atoms with Crippen LogP contribution in [0.3, 0.4) is 0 Å². The lowest BCUT2D eigenvalue weighted by Crippen LogP contribution is -2.49. The molecule has 32 heavy (non-hydrogen) atoms. The number of piperazine rings is 1. The van der Waals surface area contributed by atoms with Crippen molar-refractivity contribution in [3.63, 3.8) is 0 Å². The Kier molecular flexibility index (Phi) is 5.43. The van der Waals surface area contributed by atoms with Gasteiger partial charge in [0.25, 0.3) is 0 Å². The molecule has 0 N–H and O–H groups in total. The Morgan fingerprint density at radius 1 is 1.12 bits per heavy atom. The van der Waals surface area contributed by atoms with Crippen molar-refractivity contribution in [3.05, 3.63) is 53.5 Å². The van der Waals surface area contributed by atoms with Crippen molar-refractivity contribution in [2.24, 2.45) is 0 Å². The Balaban J connectivity index is 1.32. The maximum absolute atomic E-state index is 13.4. The predicted octanol–water partition coefficient (Wildman–Crippen LogP) is 2.46. The summed E-state index contributed by atoms with van der Waals surface area (Å²) < 4.78 is 26.7. The van der Waals surface area contributed by atoms with Crippen molar-refractivity contribution in [2.45, 2.75) is 29.0 Å². The third kappa shape index (κ3) is 3.78. The standard InChI is InChI=1S/C22H23ClN6O2S/c23-20-12-17(28-11-10-27-8-1-2-18(27)14-28)3-4-21(20)32(30,31)19-6-9-29(15-19)22-25-7-5-16(13-24)26-22/h1,3-5,7-8,12,18-19H,2,6,9-11,14-15H2/t18-,19-/m0/s1. The summed E-state index contributed by atoms with van der Waals surface area (Å²) in [5.41, 5.74) is 1.21. The molecule has 0 bridgehead atoms. The van der Waals surface area contributed by atoms with Gasteiger partial charge in [0.1, 0.15) is 11.8 Å². The van der Waals surface area contributed by atoms with E-state index in [0.29, 0.717) is 25.0 Å². The molecule has 2 fully saturated rings. The summed E-state index contributed by atoms with van der Waals surface area (Å²) in [6.45, 7) is 3.50. The molecule has 3 aliphatic heterocycles. The van der Waals surface area contributed by atoms with Gasteiger partial charge in [-0.05, 0) is 43.3 Å². The lowest BCUT2D eigenvalue weighted by molar-refractivity contribution is 0.271. The molecule has 3 aliphatic rings. The highest BCUT2D eigenvalue weighted by atomic mass is 35.5. The van der Waals surface area contributed by atoms with Crippen molar-refractivity contribution in [1.29, 1.82) is 5.26 Å². The van der Waals surface area contributed by atoms with E-state index >= 15 is 0 Å². The summed E-state index contributed by atoms with van der Waals surface area (Å²) in [5, 5.41) is 8.70. The summed E-state index contributed by atoms with van der Waals surface area (Å²) in [6.07, 6.45) is 7.37. The minimum atomic E-state index is -3.62. The normalized spacial score (nSPS) is 22.8. The number of nitrogens with zero attached hydrogens (tertiary/aromatic N) is 6. The van der Waals surface area contributed by atoms with Crippen LogP contribution < -0.4 is 9.80 Å². The molecular formula is C22H23ClN6O2S. The Morgan fingerprint density at radius 2 is 2.00 bits per heavy atom. The second-order valence-electron chi connectivity index (χ2n) is 8.33. The minimum absolute atomic E-state index is 0.169. The first-order chi connectivity index (χ1) is 15.5. The van der Waals surface area contributed by atoms with Gasteiger partial charge in [-0.25, -0.2) is 18.4 Å². The zero-order valence-corrected chi connectivity index (χ0v) is 19.0. The number of rotatable bonds is 4. The molecule has 0 saturated carbocycles. The summed E-state index contributed by atoms with van der Waals surface area (Å²) in [4.78, 5) is 15.0. The van der Waals surface area contributed by atoms with Crippen LogP contribution in [0.1, 0.15) is 18.5 Å². The second-order valence-corrected chi connectivity index (χ2v) is 10.9. The predicted molar refractivity (Wildman–Crippen MR) is 122 cm³/mol. The van der Waals surface area contributed by atoms with Gasteiger partial charge in [-0.15, -0.1) is 0 Å². The molecule has 2 atom stereocenters. The lowest BCUT2D eigenvalue weighted by atomic mass is 10.1. The zero-order valence-electron chi connectivity index (χ0n) is 17.4. The van der Waals surface area contributed by atoms with Crippen molar-refractivity contribution >= 4 is 33.1 Å². The molecule has 2 aromatic rings. The average molecular weight is 471 g/mol. The molecular weight excluding hydrogens is 448 g/mol. The van der Waals surface area contributed by atoms with Gasteiger partial charge in [0.2, 0.25) is 5.95 Å². The van der Waals surface area contributed by atoms with Gasteiger partial charge in [0.05, 0.1) is 15.2 Å². The summed E-state index contributed by atoms with van der Waals surface area (Å²) in [7, 11) is -3.62. The van der Waals surface area contributed by atoms with E-state index in [-0.39, 0.29) is 22.2 Å². The van der Waals surface area contributed by atoms with Crippen LogP contribution in [0.15, 0.2) is 47.6 Å². The topological polar surface area (TPSA) is 93.4 Å². The molecule has 1 aromatic heterocycles. The number of hydrogen-bond acceptors (Lipinski definition) is 8. The van der Waals surface area contributed by atoms with Gasteiger partial charge in [-0.2, -0.15) is 5.26 Å². The van der Waals surface area contributed by atoms with Gasteiger partial charge < -0.3 is 14.7 Å². The number of halogens is 1. The fourth-order valence-electron chi connectivity index (χ4n) is 4.69. The van der Waals surface area contributed by atoms with Gasteiger partial charge in [0, 0.05) is 50.6 Å². The van der Waals surface area contributed by atoms with E-state index < -0.39 is 15.1 Å². The van der Waals surface area contributed by atoms with E-state index in [1.165, 1.54) is 12.3 Å². The minimum Gasteiger partial charge on any atom is -0.371 e. The van der Waals surface area contributed by atoms with Crippen LogP contribution in [0.25, 0.3) is 0 Å². The SMILES string of the molecule is N#Cc1ccnc(N2CC[C@H](S(=O)(=O)c3ccc(N4CCN5C=CC[C@H]5C4)cc3Cl)C2)n1. The monoisotopic (exact) mass is 470 g/mol. The first-order valence-electron chi connectivity index (χ1n) is 10.6. The van der Waals surface area contributed by atoms with Crippen molar-refractivity contribution in [3.8, 4) is 6.07 Å². The van der Waals surface area contributed by atoms with Crippen molar-refractivity contribution in [2.75, 3.05) is 42.5 Å². The van der Waals surface area contributed by atoms with Crippen LogP contribution in [0.4, 0.5) is 11.6 Å². The second kappa shape index (κ2) is 8.26. The Hall–Kier alpha value is -2.83. The van der Waals surface area contributed by atoms with Crippen molar-refractivity contribution in [1.82, 2.24) is 14.9 Å². The number of benzene rings is 1. The maximum Gasteiger partial charge on any atom is 0.226 e. The van der Waals surface area contributed by atoms with Gasteiger partial charge in [-0.3, -0.25) is 0 Å². The Bertz CT molecular complexity index is 1210. The number of sulfone groups is 1. The van der Waals surface area contributed by atoms with Crippen LogP contribution in [-0.4, -0.2) is 67.3 Å². The smallest absolute Gasteiger partial charge is 0.226 e. The average Bonchev–Trinajstić information content (AvgIpc) is 3.48. The van der Waals surface area contributed by atoms with E-state index in [9.17, 15) is 8.42 Å². The van der Waals surface area contributed by atoms with Crippen LogP contribution in [-0.2, 0) is 9.84 Å². The highest BCUT2D eigenvalue weighted by Gasteiger charge is 2.37. The Labute approximate surface area is 192 Å². The van der Waals surface area contributed by atoms with Crippen LogP contribution in [0.5, 0.6) is 0 Å². The zero-order chi connectivity index (χ0) is 22.3. The highest BCUT2D eigenvalue weighted by molar-refractivity contribution is 7.92. The molecule has 0 amide bonds. The molecule has 2 saturated heterocycles. The van der Waals surface area contributed by atoms with E-state index in [4.69, 9.17) is 16.9 Å².